The van der Waals surface area contributed by atoms with Crippen LogP contribution in [-0.4, -0.2) is 37.6 Å². The lowest BCUT2D eigenvalue weighted by Gasteiger charge is -2.22. The summed E-state index contributed by atoms with van der Waals surface area (Å²) in [5.41, 5.74) is 0.771. The predicted octanol–water partition coefficient (Wildman–Crippen LogP) is 1.67. The van der Waals surface area contributed by atoms with Crippen LogP contribution in [0.3, 0.4) is 0 Å². The summed E-state index contributed by atoms with van der Waals surface area (Å²) in [6.07, 6.45) is 0.0913. The van der Waals surface area contributed by atoms with Crippen molar-refractivity contribution in [3.8, 4) is 5.75 Å². The summed E-state index contributed by atoms with van der Waals surface area (Å²) in [4.78, 5) is 28.3. The number of hydrogen-bond donors (Lipinski definition) is 1. The van der Waals surface area contributed by atoms with E-state index in [2.05, 4.69) is 5.32 Å². The number of carbonyl (C=O) groups excluding carboxylic acids is 2. The van der Waals surface area contributed by atoms with Crippen molar-refractivity contribution in [2.24, 2.45) is 0 Å². The second kappa shape index (κ2) is 8.26. The molecule has 0 radical (unpaired) electrons. The highest BCUT2D eigenvalue weighted by Gasteiger charge is 2.22. The van der Waals surface area contributed by atoms with Crippen LogP contribution in [0.25, 0.3) is 0 Å². The second-order valence-corrected chi connectivity index (χ2v) is 4.50. The molecule has 0 unspecified atom stereocenters. The van der Waals surface area contributed by atoms with Crippen LogP contribution in [0.2, 0.25) is 0 Å². The zero-order valence-corrected chi connectivity index (χ0v) is 12.9. The van der Waals surface area contributed by atoms with E-state index < -0.39 is 6.04 Å². The van der Waals surface area contributed by atoms with Crippen LogP contribution in [0.1, 0.15) is 31.9 Å². The fourth-order valence-electron chi connectivity index (χ4n) is 1.94. The van der Waals surface area contributed by atoms with E-state index in [1.54, 1.807) is 0 Å². The summed E-state index contributed by atoms with van der Waals surface area (Å²) >= 11 is 0. The Morgan fingerprint density at radius 2 is 2.00 bits per heavy atom. The van der Waals surface area contributed by atoms with Gasteiger partial charge in [0.15, 0.2) is 0 Å². The number of hydrogen-bond acceptors (Lipinski definition) is 4. The molecule has 6 heteroatoms. The van der Waals surface area contributed by atoms with Gasteiger partial charge in [-0.25, -0.2) is 5.06 Å². The molecule has 0 heterocycles. The van der Waals surface area contributed by atoms with Crippen molar-refractivity contribution < 1.29 is 19.2 Å². The van der Waals surface area contributed by atoms with Crippen LogP contribution < -0.4 is 10.1 Å². The molecule has 1 aromatic carbocycles. The van der Waals surface area contributed by atoms with Crippen molar-refractivity contribution >= 4 is 11.8 Å². The van der Waals surface area contributed by atoms with Gasteiger partial charge in [0.25, 0.3) is 0 Å². The van der Waals surface area contributed by atoms with E-state index in [1.807, 2.05) is 31.2 Å². The zero-order valence-electron chi connectivity index (χ0n) is 12.9. The average molecular weight is 294 g/mol. The molecule has 1 atom stereocenters. The van der Waals surface area contributed by atoms with Crippen molar-refractivity contribution in [2.75, 3.05) is 20.8 Å². The standard InChI is InChI=1S/C15H22N2O4/c1-5-21-14-9-7-6-8-12(14)13(16-11(2)18)10-15(19)17(3)20-4/h6-9,13H,5,10H2,1-4H3,(H,16,18)/t13-/m0/s1. The van der Waals surface area contributed by atoms with Gasteiger partial charge in [-0.15, -0.1) is 0 Å². The number of nitrogens with one attached hydrogen (secondary N) is 1. The maximum absolute atomic E-state index is 12.0. The maximum atomic E-state index is 12.0. The predicted molar refractivity (Wildman–Crippen MR) is 78.6 cm³/mol. The van der Waals surface area contributed by atoms with Gasteiger partial charge in [-0.2, -0.15) is 0 Å². The van der Waals surface area contributed by atoms with E-state index in [0.29, 0.717) is 12.4 Å². The van der Waals surface area contributed by atoms with Crippen molar-refractivity contribution in [3.05, 3.63) is 29.8 Å². The minimum atomic E-state index is -0.463. The lowest BCUT2D eigenvalue weighted by Crippen LogP contribution is -2.33. The first-order valence-electron chi connectivity index (χ1n) is 6.79. The van der Waals surface area contributed by atoms with Gasteiger partial charge in [0.2, 0.25) is 11.8 Å². The van der Waals surface area contributed by atoms with E-state index in [0.717, 1.165) is 10.6 Å². The Kier molecular flexibility index (Phi) is 6.68. The molecule has 0 saturated heterocycles. The lowest BCUT2D eigenvalue weighted by molar-refractivity contribution is -0.169. The molecule has 6 nitrogen and oxygen atoms in total. The van der Waals surface area contributed by atoms with Gasteiger partial charge in [-0.05, 0) is 13.0 Å². The summed E-state index contributed by atoms with van der Waals surface area (Å²) in [6, 6.07) is 6.89. The number of para-hydroxylation sites is 1. The Balaban J connectivity index is 3.02. The smallest absolute Gasteiger partial charge is 0.248 e. The molecule has 1 N–H and O–H groups in total. The Morgan fingerprint density at radius 3 is 2.57 bits per heavy atom. The number of rotatable bonds is 7. The van der Waals surface area contributed by atoms with Crippen LogP contribution in [-0.2, 0) is 14.4 Å². The van der Waals surface area contributed by atoms with Crippen molar-refractivity contribution in [1.82, 2.24) is 10.4 Å². The Hall–Kier alpha value is -2.08. The van der Waals surface area contributed by atoms with Gasteiger partial charge in [0.05, 0.1) is 26.2 Å². The third-order valence-corrected chi connectivity index (χ3v) is 2.98. The van der Waals surface area contributed by atoms with Gasteiger partial charge >= 0.3 is 0 Å². The average Bonchev–Trinajstić information content (AvgIpc) is 2.46. The molecule has 0 aromatic heterocycles. The molecular weight excluding hydrogens is 272 g/mol. The molecular formula is C15H22N2O4. The Morgan fingerprint density at radius 1 is 1.33 bits per heavy atom. The first-order chi connectivity index (χ1) is 9.99. The van der Waals surface area contributed by atoms with Gasteiger partial charge in [0, 0.05) is 19.5 Å². The summed E-state index contributed by atoms with van der Waals surface area (Å²) in [7, 11) is 2.95. The molecule has 21 heavy (non-hydrogen) atoms. The van der Waals surface area contributed by atoms with Gasteiger partial charge in [-0.1, -0.05) is 18.2 Å². The Labute approximate surface area is 125 Å². The van der Waals surface area contributed by atoms with Gasteiger partial charge < -0.3 is 10.1 Å². The molecule has 1 rings (SSSR count). The topological polar surface area (TPSA) is 67.9 Å². The molecule has 0 aliphatic heterocycles. The largest absolute Gasteiger partial charge is 0.494 e. The molecule has 2 amide bonds. The van der Waals surface area contributed by atoms with Crippen molar-refractivity contribution in [3.63, 3.8) is 0 Å². The lowest BCUT2D eigenvalue weighted by atomic mass is 10.0. The molecule has 0 aliphatic rings. The van der Waals surface area contributed by atoms with Crippen LogP contribution in [0, 0.1) is 0 Å². The highest BCUT2D eigenvalue weighted by molar-refractivity contribution is 5.78. The number of carbonyl (C=O) groups is 2. The van der Waals surface area contributed by atoms with Crippen molar-refractivity contribution in [2.45, 2.75) is 26.3 Å². The summed E-state index contributed by atoms with van der Waals surface area (Å²) < 4.78 is 5.56. The number of ether oxygens (including phenoxy) is 1. The van der Waals surface area contributed by atoms with Crippen LogP contribution in [0.5, 0.6) is 5.75 Å². The third kappa shape index (κ3) is 5.07. The minimum Gasteiger partial charge on any atom is -0.494 e. The molecule has 0 bridgehead atoms. The fourth-order valence-corrected chi connectivity index (χ4v) is 1.94. The first kappa shape index (κ1) is 17.0. The molecule has 0 aliphatic carbocycles. The van der Waals surface area contributed by atoms with E-state index in [-0.39, 0.29) is 18.2 Å². The fraction of sp³-hybridized carbons (Fsp3) is 0.467. The first-order valence-corrected chi connectivity index (χ1v) is 6.79. The van der Waals surface area contributed by atoms with E-state index in [1.165, 1.54) is 21.1 Å². The van der Waals surface area contributed by atoms with Gasteiger partial charge in [-0.3, -0.25) is 14.4 Å². The molecule has 0 spiro atoms. The number of hydroxylamine groups is 2. The highest BCUT2D eigenvalue weighted by Crippen LogP contribution is 2.27. The quantitative estimate of drug-likeness (QED) is 0.777. The summed E-state index contributed by atoms with van der Waals surface area (Å²) in [6.45, 7) is 3.81. The van der Waals surface area contributed by atoms with Crippen LogP contribution >= 0.6 is 0 Å². The molecule has 0 fully saturated rings. The van der Waals surface area contributed by atoms with E-state index in [4.69, 9.17) is 9.57 Å². The second-order valence-electron chi connectivity index (χ2n) is 4.50. The minimum absolute atomic E-state index is 0.0913. The number of benzene rings is 1. The summed E-state index contributed by atoms with van der Waals surface area (Å²) in [5.74, 6) is 0.216. The monoisotopic (exact) mass is 294 g/mol. The van der Waals surface area contributed by atoms with Crippen LogP contribution in [0.15, 0.2) is 24.3 Å². The third-order valence-electron chi connectivity index (χ3n) is 2.98. The van der Waals surface area contributed by atoms with Crippen LogP contribution in [0.4, 0.5) is 0 Å². The molecule has 0 saturated carbocycles. The van der Waals surface area contributed by atoms with Crippen molar-refractivity contribution in [1.29, 1.82) is 0 Å². The SMILES string of the molecule is CCOc1ccccc1[C@H](CC(=O)N(C)OC)NC(C)=O. The highest BCUT2D eigenvalue weighted by atomic mass is 16.7. The van der Waals surface area contributed by atoms with E-state index in [9.17, 15) is 9.59 Å². The number of amides is 2. The molecule has 1 aromatic rings. The molecule has 116 valence electrons. The number of nitrogens with zero attached hydrogens (tertiary/aromatic N) is 1. The Bertz CT molecular complexity index is 490. The summed E-state index contributed by atoms with van der Waals surface area (Å²) in [5, 5.41) is 3.92. The van der Waals surface area contributed by atoms with E-state index >= 15 is 0 Å². The zero-order chi connectivity index (χ0) is 15.8. The van der Waals surface area contributed by atoms with Gasteiger partial charge in [0.1, 0.15) is 5.75 Å². The maximum Gasteiger partial charge on any atom is 0.248 e. The normalized spacial score (nSPS) is 11.6.